The highest BCUT2D eigenvalue weighted by atomic mass is 14.2. The van der Waals surface area contributed by atoms with E-state index in [1.807, 2.05) is 0 Å². The fourth-order valence-corrected chi connectivity index (χ4v) is 6.55. The maximum absolute atomic E-state index is 2.36. The Hall–Kier alpha value is -5.46. The van der Waals surface area contributed by atoms with Crippen molar-refractivity contribution < 1.29 is 0 Å². The molecule has 0 amide bonds. The topological polar surface area (TPSA) is 0 Å². The Morgan fingerprint density at radius 2 is 0.643 bits per heavy atom. The summed E-state index contributed by atoms with van der Waals surface area (Å²) in [4.78, 5) is 0. The van der Waals surface area contributed by atoms with Gasteiger partial charge in [0.15, 0.2) is 0 Å². The van der Waals surface area contributed by atoms with Crippen molar-refractivity contribution in [2.24, 2.45) is 0 Å². The average Bonchev–Trinajstić information content (AvgIpc) is 3.07. The maximum atomic E-state index is 2.36. The van der Waals surface area contributed by atoms with Gasteiger partial charge in [-0.3, -0.25) is 0 Å². The normalized spacial score (nSPS) is 11.3. The second-order valence-electron chi connectivity index (χ2n) is 10.9. The van der Waals surface area contributed by atoms with Gasteiger partial charge in [0, 0.05) is 0 Å². The van der Waals surface area contributed by atoms with Gasteiger partial charge in [0.2, 0.25) is 0 Å². The Morgan fingerprint density at radius 3 is 1.29 bits per heavy atom. The summed E-state index contributed by atoms with van der Waals surface area (Å²) in [6.45, 7) is 0. The number of hydrogen-bond donors (Lipinski definition) is 0. The molecule has 0 aliphatic heterocycles. The van der Waals surface area contributed by atoms with Crippen molar-refractivity contribution in [3.63, 3.8) is 0 Å². The fraction of sp³-hybridized carbons (Fsp3) is 0. The number of benzene rings is 8. The molecule has 0 spiro atoms. The Balaban J connectivity index is 1.33. The van der Waals surface area contributed by atoms with Crippen LogP contribution in [0.4, 0.5) is 0 Å². The van der Waals surface area contributed by atoms with Crippen LogP contribution in [0.5, 0.6) is 0 Å². The Bertz CT molecular complexity index is 2180. The van der Waals surface area contributed by atoms with E-state index in [9.17, 15) is 0 Å². The van der Waals surface area contributed by atoms with Crippen LogP contribution in [0.25, 0.3) is 76.8 Å². The smallest absolute Gasteiger partial charge is 0.00262 e. The van der Waals surface area contributed by atoms with E-state index in [0.29, 0.717) is 0 Å². The summed E-state index contributed by atoms with van der Waals surface area (Å²) in [5.74, 6) is 0. The van der Waals surface area contributed by atoms with E-state index < -0.39 is 0 Å². The van der Waals surface area contributed by atoms with Crippen molar-refractivity contribution in [2.45, 2.75) is 0 Å². The Kier molecular flexibility index (Phi) is 5.90. The van der Waals surface area contributed by atoms with Crippen LogP contribution in [-0.2, 0) is 0 Å². The van der Waals surface area contributed by atoms with Crippen LogP contribution in [0.1, 0.15) is 0 Å². The SMILES string of the molecule is c1ccc(-c2c3ccccc3c(-c3cccc(-c4cccc(-c5cccc6ccccc56)c4)c3)c3ccccc23)cc1. The van der Waals surface area contributed by atoms with Gasteiger partial charge in [-0.15, -0.1) is 0 Å². The first-order valence-electron chi connectivity index (χ1n) is 14.5. The lowest BCUT2D eigenvalue weighted by atomic mass is 9.85. The Morgan fingerprint density at radius 1 is 0.238 bits per heavy atom. The molecule has 0 saturated carbocycles. The fourth-order valence-electron chi connectivity index (χ4n) is 6.55. The molecule has 0 nitrogen and oxygen atoms in total. The van der Waals surface area contributed by atoms with Crippen molar-refractivity contribution in [1.29, 1.82) is 0 Å². The molecule has 0 aliphatic carbocycles. The van der Waals surface area contributed by atoms with Crippen molar-refractivity contribution >= 4 is 32.3 Å². The van der Waals surface area contributed by atoms with Crippen LogP contribution in [0.15, 0.2) is 170 Å². The standard InChI is InChI=1S/C42H28/c1-2-14-30(15-3-1)41-37-22-6-8-24-39(37)42(40-25-9-7-23-38(40)41)34-20-11-18-32(28-34)31-17-10-19-33(27-31)36-26-12-16-29-13-4-5-21-35(29)36/h1-28H. The van der Waals surface area contributed by atoms with Gasteiger partial charge in [-0.1, -0.05) is 158 Å². The molecule has 0 saturated heterocycles. The van der Waals surface area contributed by atoms with Gasteiger partial charge in [-0.25, -0.2) is 0 Å². The lowest BCUT2D eigenvalue weighted by Gasteiger charge is -2.18. The van der Waals surface area contributed by atoms with E-state index in [-0.39, 0.29) is 0 Å². The van der Waals surface area contributed by atoms with E-state index in [1.54, 1.807) is 0 Å². The van der Waals surface area contributed by atoms with Crippen molar-refractivity contribution in [3.05, 3.63) is 170 Å². The summed E-state index contributed by atoms with van der Waals surface area (Å²) < 4.78 is 0. The molecule has 196 valence electrons. The van der Waals surface area contributed by atoms with E-state index in [1.165, 1.54) is 76.8 Å². The van der Waals surface area contributed by atoms with Crippen LogP contribution in [0.3, 0.4) is 0 Å². The van der Waals surface area contributed by atoms with Gasteiger partial charge in [0.05, 0.1) is 0 Å². The molecular formula is C42H28. The predicted molar refractivity (Wildman–Crippen MR) is 181 cm³/mol. The van der Waals surface area contributed by atoms with Gasteiger partial charge in [0.25, 0.3) is 0 Å². The highest BCUT2D eigenvalue weighted by Crippen LogP contribution is 2.44. The predicted octanol–water partition coefficient (Wildman–Crippen LogP) is 11.8. The molecule has 0 atom stereocenters. The third-order valence-corrected chi connectivity index (χ3v) is 8.44. The molecule has 0 fully saturated rings. The minimum atomic E-state index is 1.22. The average molecular weight is 533 g/mol. The molecule has 0 aromatic heterocycles. The summed E-state index contributed by atoms with van der Waals surface area (Å²) >= 11 is 0. The number of rotatable bonds is 4. The van der Waals surface area contributed by atoms with Gasteiger partial charge in [-0.2, -0.15) is 0 Å². The molecule has 0 heterocycles. The lowest BCUT2D eigenvalue weighted by molar-refractivity contribution is 1.60. The van der Waals surface area contributed by atoms with Gasteiger partial charge >= 0.3 is 0 Å². The monoisotopic (exact) mass is 532 g/mol. The lowest BCUT2D eigenvalue weighted by Crippen LogP contribution is -1.91. The van der Waals surface area contributed by atoms with Gasteiger partial charge in [-0.05, 0) is 89.0 Å². The van der Waals surface area contributed by atoms with E-state index in [2.05, 4.69) is 170 Å². The second kappa shape index (κ2) is 10.2. The first kappa shape index (κ1) is 24.3. The largest absolute Gasteiger partial charge is 0.0622 e. The third kappa shape index (κ3) is 4.08. The van der Waals surface area contributed by atoms with E-state index >= 15 is 0 Å². The first-order chi connectivity index (χ1) is 20.8. The summed E-state index contributed by atoms with van der Waals surface area (Å²) in [6.07, 6.45) is 0. The van der Waals surface area contributed by atoms with E-state index in [4.69, 9.17) is 0 Å². The van der Waals surface area contributed by atoms with Crippen LogP contribution >= 0.6 is 0 Å². The van der Waals surface area contributed by atoms with Gasteiger partial charge < -0.3 is 0 Å². The van der Waals surface area contributed by atoms with Crippen molar-refractivity contribution in [2.75, 3.05) is 0 Å². The molecule has 0 aliphatic rings. The highest BCUT2D eigenvalue weighted by Gasteiger charge is 2.16. The quantitative estimate of drug-likeness (QED) is 0.198. The molecule has 42 heavy (non-hydrogen) atoms. The molecule has 0 unspecified atom stereocenters. The number of hydrogen-bond acceptors (Lipinski definition) is 0. The van der Waals surface area contributed by atoms with Crippen molar-refractivity contribution in [3.8, 4) is 44.5 Å². The van der Waals surface area contributed by atoms with Crippen LogP contribution < -0.4 is 0 Å². The molecule has 0 radical (unpaired) electrons. The number of fused-ring (bicyclic) bond motifs is 3. The summed E-state index contributed by atoms with van der Waals surface area (Å²) in [6, 6.07) is 61.7. The molecule has 8 aromatic rings. The summed E-state index contributed by atoms with van der Waals surface area (Å²) in [5.41, 5.74) is 9.99. The summed E-state index contributed by atoms with van der Waals surface area (Å²) in [7, 11) is 0. The maximum Gasteiger partial charge on any atom is -0.00262 e. The zero-order chi connectivity index (χ0) is 27.9. The zero-order valence-electron chi connectivity index (χ0n) is 23.2. The Labute approximate surface area is 246 Å². The minimum absolute atomic E-state index is 1.22. The van der Waals surface area contributed by atoms with Crippen LogP contribution in [0, 0.1) is 0 Å². The summed E-state index contributed by atoms with van der Waals surface area (Å²) in [5, 5.41) is 7.65. The van der Waals surface area contributed by atoms with Crippen LogP contribution in [0.2, 0.25) is 0 Å². The van der Waals surface area contributed by atoms with E-state index in [0.717, 1.165) is 0 Å². The van der Waals surface area contributed by atoms with Crippen molar-refractivity contribution in [1.82, 2.24) is 0 Å². The molecule has 0 heteroatoms. The molecule has 0 N–H and O–H groups in total. The molecule has 0 bridgehead atoms. The molecule has 8 rings (SSSR count). The minimum Gasteiger partial charge on any atom is -0.0622 e. The van der Waals surface area contributed by atoms with Crippen LogP contribution in [-0.4, -0.2) is 0 Å². The zero-order valence-corrected chi connectivity index (χ0v) is 23.2. The highest BCUT2D eigenvalue weighted by molar-refractivity contribution is 6.21. The third-order valence-electron chi connectivity index (χ3n) is 8.44. The van der Waals surface area contributed by atoms with Gasteiger partial charge in [0.1, 0.15) is 0 Å². The second-order valence-corrected chi connectivity index (χ2v) is 10.9. The molecular weight excluding hydrogens is 504 g/mol. The molecule has 8 aromatic carbocycles. The first-order valence-corrected chi connectivity index (χ1v) is 14.5.